The van der Waals surface area contributed by atoms with E-state index in [1.165, 1.54) is 22.4 Å². The Morgan fingerprint density at radius 2 is 1.88 bits per heavy atom. The van der Waals surface area contributed by atoms with Crippen molar-refractivity contribution in [2.75, 3.05) is 19.4 Å². The van der Waals surface area contributed by atoms with Gasteiger partial charge in [0.2, 0.25) is 0 Å². The molecule has 8 nitrogen and oxygen atoms in total. The van der Waals surface area contributed by atoms with Gasteiger partial charge in [-0.15, -0.1) is 11.3 Å². The first kappa shape index (κ1) is 21.2. The highest BCUT2D eigenvalue weighted by Crippen LogP contribution is 2.37. The van der Waals surface area contributed by atoms with Crippen LogP contribution in [-0.4, -0.2) is 46.9 Å². The van der Waals surface area contributed by atoms with E-state index in [0.717, 1.165) is 17.4 Å². The second-order valence-electron chi connectivity index (χ2n) is 6.99. The number of carboxylic acids is 1. The van der Waals surface area contributed by atoms with Crippen molar-refractivity contribution in [3.8, 4) is 11.1 Å². The minimum atomic E-state index is -1.35. The van der Waals surface area contributed by atoms with Crippen molar-refractivity contribution in [1.82, 2.24) is 9.88 Å². The fourth-order valence-corrected chi connectivity index (χ4v) is 4.06. The molecule has 0 bridgehead atoms. The smallest absolute Gasteiger partial charge is 0.339 e. The van der Waals surface area contributed by atoms with Gasteiger partial charge in [-0.3, -0.25) is 9.59 Å². The number of carbonyl (C=O) groups is 3. The molecule has 2 amide bonds. The van der Waals surface area contributed by atoms with Gasteiger partial charge in [-0.25, -0.2) is 14.2 Å². The summed E-state index contributed by atoms with van der Waals surface area (Å²) in [4.78, 5) is 42.0. The molecule has 32 heavy (non-hydrogen) atoms. The van der Waals surface area contributed by atoms with E-state index in [9.17, 15) is 23.9 Å². The largest absolute Gasteiger partial charge is 0.478 e. The number of aromatic carboxylic acids is 1. The van der Waals surface area contributed by atoms with E-state index in [2.05, 4.69) is 10.3 Å². The number of thiophene rings is 1. The number of fused-ring (bicyclic) bond motifs is 1. The van der Waals surface area contributed by atoms with Gasteiger partial charge < -0.3 is 19.7 Å². The van der Waals surface area contributed by atoms with E-state index in [0.29, 0.717) is 11.1 Å². The summed E-state index contributed by atoms with van der Waals surface area (Å²) in [6, 6.07) is 10.6. The number of amides is 2. The van der Waals surface area contributed by atoms with Crippen LogP contribution in [0.2, 0.25) is 0 Å². The Hall–Kier alpha value is -4.05. The van der Waals surface area contributed by atoms with Crippen LogP contribution in [0.25, 0.3) is 22.2 Å². The summed E-state index contributed by atoms with van der Waals surface area (Å²) in [7, 11) is 3.09. The molecule has 4 rings (SSSR count). The van der Waals surface area contributed by atoms with E-state index in [-0.39, 0.29) is 39.1 Å². The highest BCUT2D eigenvalue weighted by molar-refractivity contribution is 7.15. The standard InChI is InChI=1S/C22H16FN3O5S/c1-26(2)21(28)11-7-8-12(14(23)9-11)13-10-32-20(17(13)22(29)30)25-18(27)19-24-15-5-3-4-6-16(15)31-19/h3-10H,1-2H3,(H,25,27)(H,29,30). The van der Waals surface area contributed by atoms with Gasteiger partial charge in [0.1, 0.15) is 21.9 Å². The van der Waals surface area contributed by atoms with Crippen molar-refractivity contribution in [3.63, 3.8) is 0 Å². The monoisotopic (exact) mass is 453 g/mol. The number of para-hydroxylation sites is 2. The summed E-state index contributed by atoms with van der Waals surface area (Å²) in [6.07, 6.45) is 0. The fraction of sp³-hybridized carbons (Fsp3) is 0.0909. The highest BCUT2D eigenvalue weighted by atomic mass is 32.1. The molecular weight excluding hydrogens is 437 g/mol. The number of oxazole rings is 1. The molecule has 2 aromatic heterocycles. The highest BCUT2D eigenvalue weighted by Gasteiger charge is 2.25. The van der Waals surface area contributed by atoms with Crippen LogP contribution in [0, 0.1) is 5.82 Å². The van der Waals surface area contributed by atoms with Crippen LogP contribution in [0.1, 0.15) is 31.4 Å². The molecule has 0 fully saturated rings. The van der Waals surface area contributed by atoms with Crippen molar-refractivity contribution in [3.05, 3.63) is 70.7 Å². The first-order valence-electron chi connectivity index (χ1n) is 9.29. The Morgan fingerprint density at radius 1 is 1.12 bits per heavy atom. The van der Waals surface area contributed by atoms with E-state index in [1.807, 2.05) is 0 Å². The number of nitrogens with one attached hydrogen (secondary N) is 1. The van der Waals surface area contributed by atoms with Crippen LogP contribution < -0.4 is 5.32 Å². The molecule has 2 heterocycles. The molecule has 10 heteroatoms. The van der Waals surface area contributed by atoms with Gasteiger partial charge in [-0.2, -0.15) is 0 Å². The summed E-state index contributed by atoms with van der Waals surface area (Å²) in [5.74, 6) is -3.44. The Bertz CT molecular complexity index is 1340. The minimum absolute atomic E-state index is 0.00341. The lowest BCUT2D eigenvalue weighted by Gasteiger charge is -2.11. The molecular formula is C22H16FN3O5S. The predicted octanol–water partition coefficient (Wildman–Crippen LogP) is 4.35. The maximum absolute atomic E-state index is 14.8. The zero-order valence-electron chi connectivity index (χ0n) is 16.9. The Labute approximate surface area is 184 Å². The summed E-state index contributed by atoms with van der Waals surface area (Å²) in [5, 5.41) is 13.7. The maximum atomic E-state index is 14.8. The quantitative estimate of drug-likeness (QED) is 0.465. The molecule has 0 aliphatic heterocycles. The van der Waals surface area contributed by atoms with Crippen LogP contribution in [0.4, 0.5) is 9.39 Å². The molecule has 2 N–H and O–H groups in total. The van der Waals surface area contributed by atoms with Crippen LogP contribution in [-0.2, 0) is 0 Å². The van der Waals surface area contributed by atoms with Gasteiger partial charge in [-0.05, 0) is 24.3 Å². The average molecular weight is 453 g/mol. The molecule has 0 aliphatic carbocycles. The lowest BCUT2D eigenvalue weighted by molar-refractivity contribution is 0.0698. The van der Waals surface area contributed by atoms with Gasteiger partial charge in [0.25, 0.3) is 11.8 Å². The number of rotatable bonds is 5. The zero-order chi connectivity index (χ0) is 23.0. The number of carboxylic acid groups (broad SMARTS) is 1. The maximum Gasteiger partial charge on any atom is 0.339 e. The van der Waals surface area contributed by atoms with E-state index >= 15 is 0 Å². The van der Waals surface area contributed by atoms with E-state index in [1.54, 1.807) is 38.4 Å². The number of anilines is 1. The first-order valence-corrected chi connectivity index (χ1v) is 10.2. The zero-order valence-corrected chi connectivity index (χ0v) is 17.7. The normalized spacial score (nSPS) is 10.8. The second-order valence-corrected chi connectivity index (χ2v) is 7.87. The van der Waals surface area contributed by atoms with Gasteiger partial charge in [0.05, 0.1) is 0 Å². The second kappa shape index (κ2) is 8.23. The number of nitrogens with zero attached hydrogens (tertiary/aromatic N) is 2. The number of benzene rings is 2. The third-order valence-corrected chi connectivity index (χ3v) is 5.53. The topological polar surface area (TPSA) is 113 Å². The Balaban J connectivity index is 1.68. The van der Waals surface area contributed by atoms with Gasteiger partial charge in [-0.1, -0.05) is 18.2 Å². The van der Waals surface area contributed by atoms with Gasteiger partial charge in [0.15, 0.2) is 5.58 Å². The first-order chi connectivity index (χ1) is 15.3. The van der Waals surface area contributed by atoms with Crippen molar-refractivity contribution < 1.29 is 28.3 Å². The van der Waals surface area contributed by atoms with Crippen LogP contribution in [0.3, 0.4) is 0 Å². The third kappa shape index (κ3) is 3.83. The Kier molecular flexibility index (Phi) is 5.45. The lowest BCUT2D eigenvalue weighted by Crippen LogP contribution is -2.21. The molecule has 0 saturated carbocycles. The molecule has 0 radical (unpaired) electrons. The van der Waals surface area contributed by atoms with Crippen molar-refractivity contribution in [2.45, 2.75) is 0 Å². The molecule has 4 aromatic rings. The lowest BCUT2D eigenvalue weighted by atomic mass is 10.0. The molecule has 2 aromatic carbocycles. The SMILES string of the molecule is CN(C)C(=O)c1ccc(-c2csc(NC(=O)c3nc4ccccc4o3)c2C(=O)O)c(F)c1. The van der Waals surface area contributed by atoms with Crippen LogP contribution >= 0.6 is 11.3 Å². The summed E-state index contributed by atoms with van der Waals surface area (Å²) >= 11 is 0.929. The number of hydrogen-bond acceptors (Lipinski definition) is 6. The van der Waals surface area contributed by atoms with Crippen LogP contribution in [0.15, 0.2) is 52.3 Å². The molecule has 0 unspecified atom stereocenters. The predicted molar refractivity (Wildman–Crippen MR) is 117 cm³/mol. The summed E-state index contributed by atoms with van der Waals surface area (Å²) < 4.78 is 20.2. The van der Waals surface area contributed by atoms with Gasteiger partial charge >= 0.3 is 11.9 Å². The summed E-state index contributed by atoms with van der Waals surface area (Å²) in [6.45, 7) is 0. The summed E-state index contributed by atoms with van der Waals surface area (Å²) in [5.41, 5.74) is 0.834. The van der Waals surface area contributed by atoms with Crippen LogP contribution in [0.5, 0.6) is 0 Å². The number of carbonyl (C=O) groups excluding carboxylic acids is 2. The Morgan fingerprint density at radius 3 is 2.53 bits per heavy atom. The minimum Gasteiger partial charge on any atom is -0.478 e. The average Bonchev–Trinajstić information content (AvgIpc) is 3.37. The van der Waals surface area contributed by atoms with Crippen molar-refractivity contribution in [1.29, 1.82) is 0 Å². The number of hydrogen-bond donors (Lipinski definition) is 2. The molecule has 0 atom stereocenters. The molecule has 162 valence electrons. The third-order valence-electron chi connectivity index (χ3n) is 4.63. The molecule has 0 saturated heterocycles. The van der Waals surface area contributed by atoms with Crippen molar-refractivity contribution in [2.24, 2.45) is 0 Å². The fourth-order valence-electron chi connectivity index (χ4n) is 3.11. The van der Waals surface area contributed by atoms with Gasteiger partial charge in [0, 0.05) is 36.2 Å². The molecule has 0 spiro atoms. The molecule has 0 aliphatic rings. The number of halogens is 1. The number of aromatic nitrogens is 1. The van der Waals surface area contributed by atoms with E-state index in [4.69, 9.17) is 4.42 Å². The van der Waals surface area contributed by atoms with E-state index < -0.39 is 17.7 Å². The van der Waals surface area contributed by atoms with Crippen molar-refractivity contribution >= 4 is 45.2 Å².